The van der Waals surface area contributed by atoms with Crippen LogP contribution in [0.25, 0.3) is 22.5 Å². The van der Waals surface area contributed by atoms with Crippen molar-refractivity contribution in [2.75, 3.05) is 13.1 Å². The van der Waals surface area contributed by atoms with Crippen LogP contribution in [-0.4, -0.2) is 33.2 Å². The van der Waals surface area contributed by atoms with Crippen molar-refractivity contribution in [1.29, 1.82) is 0 Å². The molecule has 0 amide bonds. The molecule has 0 saturated carbocycles. The van der Waals surface area contributed by atoms with Gasteiger partial charge < -0.3 is 9.40 Å². The summed E-state index contributed by atoms with van der Waals surface area (Å²) in [6.45, 7) is 2.74. The Bertz CT molecular complexity index is 1130. The lowest BCUT2D eigenvalue weighted by Gasteiger charge is -2.31. The Kier molecular flexibility index (Phi) is 5.50. The first kappa shape index (κ1) is 19.6. The number of nitrogens with zero attached hydrogens (tertiary/aromatic N) is 3. The molecule has 1 fully saturated rings. The summed E-state index contributed by atoms with van der Waals surface area (Å²) in [7, 11) is 0. The molecule has 0 atom stereocenters. The molecule has 154 valence electrons. The minimum absolute atomic E-state index is 0.538. The molecule has 0 spiro atoms. The number of piperidine rings is 1. The zero-order chi connectivity index (χ0) is 20.5. The molecule has 0 unspecified atom stereocenters. The Morgan fingerprint density at radius 3 is 2.63 bits per heavy atom. The summed E-state index contributed by atoms with van der Waals surface area (Å²) >= 11 is 12.2. The van der Waals surface area contributed by atoms with Gasteiger partial charge in [-0.2, -0.15) is 0 Å². The van der Waals surface area contributed by atoms with Crippen LogP contribution in [0.3, 0.4) is 0 Å². The van der Waals surface area contributed by atoms with Crippen LogP contribution in [0.2, 0.25) is 10.0 Å². The molecule has 0 bridgehead atoms. The lowest BCUT2D eigenvalue weighted by atomic mass is 9.90. The number of benzene rings is 2. The molecule has 30 heavy (non-hydrogen) atoms. The van der Waals surface area contributed by atoms with E-state index >= 15 is 0 Å². The highest BCUT2D eigenvalue weighted by molar-refractivity contribution is 6.42. The van der Waals surface area contributed by atoms with Gasteiger partial charge in [0.25, 0.3) is 5.89 Å². The highest BCUT2D eigenvalue weighted by Gasteiger charge is 2.22. The van der Waals surface area contributed by atoms with Crippen LogP contribution < -0.4 is 0 Å². The average molecular weight is 441 g/mol. The van der Waals surface area contributed by atoms with Crippen molar-refractivity contribution < 1.29 is 4.42 Å². The zero-order valence-electron chi connectivity index (χ0n) is 16.4. The van der Waals surface area contributed by atoms with E-state index in [-0.39, 0.29) is 0 Å². The van der Waals surface area contributed by atoms with Gasteiger partial charge in [0.1, 0.15) is 5.69 Å². The van der Waals surface area contributed by atoms with Crippen LogP contribution in [0.15, 0.2) is 52.9 Å². The quantitative estimate of drug-likeness (QED) is 0.414. The molecule has 5 rings (SSSR count). The Hall–Kier alpha value is -2.34. The van der Waals surface area contributed by atoms with Crippen molar-refractivity contribution in [3.63, 3.8) is 0 Å². The first-order chi connectivity index (χ1) is 14.6. The lowest BCUT2D eigenvalue weighted by Crippen LogP contribution is -2.34. The number of hydrogen-bond acceptors (Lipinski definition) is 4. The maximum absolute atomic E-state index is 6.15. The summed E-state index contributed by atoms with van der Waals surface area (Å²) in [4.78, 5) is 5.72. The van der Waals surface area contributed by atoms with Gasteiger partial charge in [-0.15, -0.1) is 10.2 Å². The van der Waals surface area contributed by atoms with Gasteiger partial charge in [-0.3, -0.25) is 4.90 Å². The molecule has 2 aromatic carbocycles. The fourth-order valence-electron chi connectivity index (χ4n) is 4.15. The number of para-hydroxylation sites is 1. The maximum Gasteiger partial charge on any atom is 0.264 e. The van der Waals surface area contributed by atoms with Crippen molar-refractivity contribution in [3.8, 4) is 11.6 Å². The lowest BCUT2D eigenvalue weighted by molar-refractivity contribution is 0.164. The molecule has 3 heterocycles. The van der Waals surface area contributed by atoms with Crippen LogP contribution in [-0.2, 0) is 13.0 Å². The van der Waals surface area contributed by atoms with Crippen molar-refractivity contribution in [2.45, 2.75) is 25.8 Å². The molecular weight excluding hydrogens is 419 g/mol. The number of aromatic nitrogens is 3. The van der Waals surface area contributed by atoms with Gasteiger partial charge in [0.05, 0.1) is 16.6 Å². The molecule has 1 aliphatic heterocycles. The van der Waals surface area contributed by atoms with Gasteiger partial charge in [-0.05, 0) is 68.1 Å². The van der Waals surface area contributed by atoms with Gasteiger partial charge in [0, 0.05) is 10.9 Å². The largest absolute Gasteiger partial charge is 0.418 e. The third kappa shape index (κ3) is 4.24. The molecule has 0 aliphatic carbocycles. The highest BCUT2D eigenvalue weighted by atomic mass is 35.5. The maximum atomic E-state index is 6.15. The predicted molar refractivity (Wildman–Crippen MR) is 120 cm³/mol. The van der Waals surface area contributed by atoms with Crippen molar-refractivity contribution in [3.05, 3.63) is 70.0 Å². The fraction of sp³-hybridized carbons (Fsp3) is 0.304. The first-order valence-corrected chi connectivity index (χ1v) is 11.0. The number of H-pyrrole nitrogens is 1. The standard InChI is InChI=1S/C23H22Cl2N4O/c24-18-6-5-16(12-19(18)25)11-15-7-9-29(10-8-15)14-22-27-28-23(30-22)21-13-17-3-1-2-4-20(17)26-21/h1-6,12-13,15,26H,7-11,14H2. The summed E-state index contributed by atoms with van der Waals surface area (Å²) in [5, 5.41) is 10.9. The first-order valence-electron chi connectivity index (χ1n) is 10.2. The van der Waals surface area contributed by atoms with E-state index in [1.54, 1.807) is 0 Å². The van der Waals surface area contributed by atoms with E-state index in [2.05, 4.69) is 32.2 Å². The number of likely N-dealkylation sites (tertiary alicyclic amines) is 1. The van der Waals surface area contributed by atoms with E-state index in [9.17, 15) is 0 Å². The topological polar surface area (TPSA) is 58.0 Å². The van der Waals surface area contributed by atoms with Gasteiger partial charge in [-0.1, -0.05) is 47.5 Å². The molecule has 1 aliphatic rings. The molecule has 7 heteroatoms. The molecule has 2 aromatic heterocycles. The monoisotopic (exact) mass is 440 g/mol. The van der Waals surface area contributed by atoms with Crippen molar-refractivity contribution >= 4 is 34.1 Å². The summed E-state index contributed by atoms with van der Waals surface area (Å²) in [6, 6.07) is 16.1. The second-order valence-electron chi connectivity index (χ2n) is 7.94. The number of hydrogen-bond donors (Lipinski definition) is 1. The van der Waals surface area contributed by atoms with Crippen LogP contribution >= 0.6 is 23.2 Å². The van der Waals surface area contributed by atoms with Crippen LogP contribution in [0.4, 0.5) is 0 Å². The number of fused-ring (bicyclic) bond motifs is 1. The van der Waals surface area contributed by atoms with Crippen LogP contribution in [0.1, 0.15) is 24.3 Å². The summed E-state index contributed by atoms with van der Waals surface area (Å²) in [6.07, 6.45) is 3.32. The minimum Gasteiger partial charge on any atom is -0.418 e. The normalized spacial score (nSPS) is 15.8. The van der Waals surface area contributed by atoms with Gasteiger partial charge >= 0.3 is 0 Å². The predicted octanol–water partition coefficient (Wildman–Crippen LogP) is 5.98. The Morgan fingerprint density at radius 1 is 1.00 bits per heavy atom. The highest BCUT2D eigenvalue weighted by Crippen LogP contribution is 2.28. The Morgan fingerprint density at radius 2 is 1.83 bits per heavy atom. The van der Waals surface area contributed by atoms with E-state index < -0.39 is 0 Å². The Balaban J connectivity index is 1.17. The number of rotatable bonds is 5. The van der Waals surface area contributed by atoms with E-state index in [1.807, 2.05) is 36.4 Å². The number of halogens is 2. The average Bonchev–Trinajstić information content (AvgIpc) is 3.39. The van der Waals surface area contributed by atoms with E-state index in [0.29, 0.717) is 34.3 Å². The van der Waals surface area contributed by atoms with E-state index in [0.717, 1.165) is 48.9 Å². The molecule has 0 radical (unpaired) electrons. The van der Waals surface area contributed by atoms with Gasteiger partial charge in [0.15, 0.2) is 0 Å². The van der Waals surface area contributed by atoms with Gasteiger partial charge in [-0.25, -0.2) is 0 Å². The third-order valence-electron chi connectivity index (χ3n) is 5.80. The summed E-state index contributed by atoms with van der Waals surface area (Å²) < 4.78 is 5.93. The molecule has 1 N–H and O–H groups in total. The molecule has 4 aromatic rings. The summed E-state index contributed by atoms with van der Waals surface area (Å²) in [5.41, 5.74) is 3.18. The number of aromatic amines is 1. The van der Waals surface area contributed by atoms with Crippen LogP contribution in [0, 0.1) is 5.92 Å². The van der Waals surface area contributed by atoms with E-state index in [4.69, 9.17) is 27.6 Å². The molecule has 5 nitrogen and oxygen atoms in total. The smallest absolute Gasteiger partial charge is 0.264 e. The van der Waals surface area contributed by atoms with Gasteiger partial charge in [0.2, 0.25) is 5.89 Å². The fourth-order valence-corrected chi connectivity index (χ4v) is 4.48. The summed E-state index contributed by atoms with van der Waals surface area (Å²) in [5.74, 6) is 1.85. The molecule has 1 saturated heterocycles. The zero-order valence-corrected chi connectivity index (χ0v) is 18.0. The second-order valence-corrected chi connectivity index (χ2v) is 8.76. The Labute approximate surface area is 185 Å². The van der Waals surface area contributed by atoms with Crippen molar-refractivity contribution in [2.24, 2.45) is 5.92 Å². The third-order valence-corrected chi connectivity index (χ3v) is 6.54. The van der Waals surface area contributed by atoms with E-state index in [1.165, 1.54) is 5.56 Å². The minimum atomic E-state index is 0.538. The number of nitrogens with one attached hydrogen (secondary N) is 1. The second kappa shape index (κ2) is 8.42. The molecular formula is C23H22Cl2N4O. The van der Waals surface area contributed by atoms with Crippen LogP contribution in [0.5, 0.6) is 0 Å². The SMILES string of the molecule is Clc1ccc(CC2CCN(Cc3nnc(-c4cc5ccccc5[nH]4)o3)CC2)cc1Cl. The van der Waals surface area contributed by atoms with Crippen molar-refractivity contribution in [1.82, 2.24) is 20.1 Å².